The summed E-state index contributed by atoms with van der Waals surface area (Å²) in [7, 11) is 0. The van der Waals surface area contributed by atoms with Gasteiger partial charge in [-0.3, -0.25) is 19.5 Å². The van der Waals surface area contributed by atoms with Crippen LogP contribution in [0.1, 0.15) is 31.3 Å². The molecule has 8 heteroatoms. The fraction of sp³-hybridized carbons (Fsp3) is 0.0500. The minimum atomic E-state index is -0.396. The molecule has 140 valence electrons. The van der Waals surface area contributed by atoms with E-state index in [1.807, 2.05) is 30.3 Å². The van der Waals surface area contributed by atoms with Gasteiger partial charge in [0, 0.05) is 15.5 Å². The van der Waals surface area contributed by atoms with E-state index in [1.165, 1.54) is 22.4 Å². The summed E-state index contributed by atoms with van der Waals surface area (Å²) in [5, 5.41) is 3.13. The van der Waals surface area contributed by atoms with Gasteiger partial charge in [-0.2, -0.15) is 0 Å². The van der Waals surface area contributed by atoms with Gasteiger partial charge in [0.05, 0.1) is 27.0 Å². The summed E-state index contributed by atoms with van der Waals surface area (Å²) in [4.78, 5) is 32.0. The van der Waals surface area contributed by atoms with Crippen molar-refractivity contribution in [1.29, 1.82) is 0 Å². The molecule has 0 spiro atoms. The maximum absolute atomic E-state index is 13.0. The molecule has 0 unspecified atom stereocenters. The summed E-state index contributed by atoms with van der Waals surface area (Å²) in [6, 6.07) is 13.0. The van der Waals surface area contributed by atoms with Crippen LogP contribution in [0.15, 0.2) is 55.2 Å². The molecule has 0 saturated carbocycles. The van der Waals surface area contributed by atoms with Gasteiger partial charge >= 0.3 is 0 Å². The monoisotopic (exact) mass is 521 g/mol. The zero-order chi connectivity index (χ0) is 19.8. The minimum absolute atomic E-state index is 0.151. The maximum atomic E-state index is 13.0. The molecule has 3 heterocycles. The zero-order valence-electron chi connectivity index (χ0n) is 14.4. The molecule has 0 fully saturated rings. The smallest absolute Gasteiger partial charge is 0.280 e. The number of imide groups is 1. The summed E-state index contributed by atoms with van der Waals surface area (Å²) in [5.41, 5.74) is 2.40. The lowest BCUT2D eigenvalue weighted by atomic mass is 10.1. The SMILES string of the molecule is C=C(Nc1ccnc2c1C(=O)N(Cc1cccc(I)c1)C2=O)c1ccc(Cl)s1. The third-order valence-electron chi connectivity index (χ3n) is 4.24. The van der Waals surface area contributed by atoms with Gasteiger partial charge < -0.3 is 5.32 Å². The van der Waals surface area contributed by atoms with Gasteiger partial charge in [-0.15, -0.1) is 11.3 Å². The van der Waals surface area contributed by atoms with Gasteiger partial charge in [0.1, 0.15) is 5.69 Å². The molecule has 0 saturated heterocycles. The molecule has 0 bridgehead atoms. The second-order valence-electron chi connectivity index (χ2n) is 6.12. The molecule has 3 aromatic rings. The fourth-order valence-corrected chi connectivity index (χ4v) is 4.54. The van der Waals surface area contributed by atoms with Crippen molar-refractivity contribution in [2.75, 3.05) is 5.32 Å². The van der Waals surface area contributed by atoms with Crippen LogP contribution in [0.3, 0.4) is 0 Å². The average molecular weight is 522 g/mol. The van der Waals surface area contributed by atoms with E-state index in [0.29, 0.717) is 15.7 Å². The van der Waals surface area contributed by atoms with Crippen molar-refractivity contribution >= 4 is 68.7 Å². The zero-order valence-corrected chi connectivity index (χ0v) is 18.1. The Morgan fingerprint density at radius 3 is 2.75 bits per heavy atom. The topological polar surface area (TPSA) is 62.3 Å². The molecule has 2 amide bonds. The van der Waals surface area contributed by atoms with Crippen molar-refractivity contribution in [3.05, 3.63) is 84.8 Å². The standard InChI is InChI=1S/C20H13ClIN3O2S/c1-11(15-5-6-16(21)28-15)24-14-7-8-23-18-17(14)19(26)25(20(18)27)10-12-3-2-4-13(22)9-12/h2-9H,1,10H2,(H,23,24). The van der Waals surface area contributed by atoms with Crippen LogP contribution in [0, 0.1) is 3.57 Å². The number of amides is 2. The molecule has 1 aliphatic heterocycles. The number of pyridine rings is 1. The van der Waals surface area contributed by atoms with E-state index in [0.717, 1.165) is 14.0 Å². The van der Waals surface area contributed by atoms with Crippen molar-refractivity contribution in [2.45, 2.75) is 6.54 Å². The molecular formula is C20H13ClIN3O2S. The number of halogens is 2. The first-order valence-corrected chi connectivity index (χ1v) is 10.5. The minimum Gasteiger partial charge on any atom is -0.354 e. The van der Waals surface area contributed by atoms with Crippen LogP contribution in [0.5, 0.6) is 0 Å². The molecule has 28 heavy (non-hydrogen) atoms. The van der Waals surface area contributed by atoms with Crippen molar-refractivity contribution in [2.24, 2.45) is 0 Å². The predicted molar refractivity (Wildman–Crippen MR) is 120 cm³/mol. The first-order valence-electron chi connectivity index (χ1n) is 8.25. The van der Waals surface area contributed by atoms with Crippen LogP contribution in [0.25, 0.3) is 5.70 Å². The maximum Gasteiger partial charge on any atom is 0.280 e. The number of anilines is 1. The van der Waals surface area contributed by atoms with E-state index >= 15 is 0 Å². The van der Waals surface area contributed by atoms with E-state index < -0.39 is 5.91 Å². The number of rotatable bonds is 5. The van der Waals surface area contributed by atoms with Crippen LogP contribution in [-0.4, -0.2) is 21.7 Å². The lowest BCUT2D eigenvalue weighted by Crippen LogP contribution is -2.29. The Balaban J connectivity index is 1.63. The quantitative estimate of drug-likeness (QED) is 0.367. The van der Waals surface area contributed by atoms with Gasteiger partial charge in [0.2, 0.25) is 0 Å². The molecule has 0 atom stereocenters. The third-order valence-corrected chi connectivity index (χ3v) is 6.21. The van der Waals surface area contributed by atoms with Gasteiger partial charge in [-0.25, -0.2) is 0 Å². The number of fused-ring (bicyclic) bond motifs is 1. The van der Waals surface area contributed by atoms with Crippen molar-refractivity contribution in [1.82, 2.24) is 9.88 Å². The predicted octanol–water partition coefficient (Wildman–Crippen LogP) is 5.28. The lowest BCUT2D eigenvalue weighted by Gasteiger charge is -2.14. The molecule has 2 aromatic heterocycles. The average Bonchev–Trinajstić information content (AvgIpc) is 3.20. The summed E-state index contributed by atoms with van der Waals surface area (Å²) >= 11 is 9.56. The molecule has 1 aromatic carbocycles. The van der Waals surface area contributed by atoms with Crippen molar-refractivity contribution in [3.8, 4) is 0 Å². The number of carbonyl (C=O) groups excluding carboxylic acids is 2. The van der Waals surface area contributed by atoms with Gasteiger partial charge in [0.15, 0.2) is 0 Å². The Bertz CT molecular complexity index is 1130. The Morgan fingerprint density at radius 2 is 2.04 bits per heavy atom. The molecule has 1 N–H and O–H groups in total. The highest BCUT2D eigenvalue weighted by molar-refractivity contribution is 14.1. The Labute approximate surface area is 184 Å². The van der Waals surface area contributed by atoms with Crippen LogP contribution in [-0.2, 0) is 6.54 Å². The summed E-state index contributed by atoms with van der Waals surface area (Å²) < 4.78 is 1.69. The summed E-state index contributed by atoms with van der Waals surface area (Å²) in [5.74, 6) is -0.765. The van der Waals surface area contributed by atoms with Crippen LogP contribution in [0.4, 0.5) is 5.69 Å². The van der Waals surface area contributed by atoms with Crippen LogP contribution < -0.4 is 5.32 Å². The van der Waals surface area contributed by atoms with Crippen molar-refractivity contribution in [3.63, 3.8) is 0 Å². The highest BCUT2D eigenvalue weighted by Crippen LogP contribution is 2.32. The van der Waals surface area contributed by atoms with E-state index in [1.54, 1.807) is 12.1 Å². The molecule has 0 radical (unpaired) electrons. The number of carbonyl (C=O) groups is 2. The van der Waals surface area contributed by atoms with Crippen molar-refractivity contribution < 1.29 is 9.59 Å². The second kappa shape index (κ2) is 7.65. The normalized spacial score (nSPS) is 13.0. The number of hydrogen-bond donors (Lipinski definition) is 1. The van der Waals surface area contributed by atoms with Gasteiger partial charge in [-0.05, 0) is 58.5 Å². The second-order valence-corrected chi connectivity index (χ2v) is 9.08. The molecule has 5 nitrogen and oxygen atoms in total. The lowest BCUT2D eigenvalue weighted by molar-refractivity contribution is 0.0641. The van der Waals surface area contributed by atoms with E-state index in [2.05, 4.69) is 39.5 Å². The highest BCUT2D eigenvalue weighted by atomic mass is 127. The third kappa shape index (κ3) is 3.57. The summed E-state index contributed by atoms with van der Waals surface area (Å²) in [6.45, 7) is 4.21. The molecule has 0 aliphatic carbocycles. The van der Waals surface area contributed by atoms with Gasteiger partial charge in [-0.1, -0.05) is 30.3 Å². The van der Waals surface area contributed by atoms with Gasteiger partial charge in [0.25, 0.3) is 11.8 Å². The number of nitrogens with one attached hydrogen (secondary N) is 1. The fourth-order valence-electron chi connectivity index (χ4n) is 2.96. The molecule has 4 rings (SSSR count). The Kier molecular flexibility index (Phi) is 5.22. The summed E-state index contributed by atoms with van der Waals surface area (Å²) in [6.07, 6.45) is 1.51. The Morgan fingerprint density at radius 1 is 1.21 bits per heavy atom. The highest BCUT2D eigenvalue weighted by Gasteiger charge is 2.39. The number of benzene rings is 1. The van der Waals surface area contributed by atoms with Crippen LogP contribution in [0.2, 0.25) is 4.34 Å². The number of nitrogens with zero attached hydrogens (tertiary/aromatic N) is 2. The first kappa shape index (κ1) is 19.1. The number of thiophene rings is 1. The first-order chi connectivity index (χ1) is 13.4. The largest absolute Gasteiger partial charge is 0.354 e. The van der Waals surface area contributed by atoms with E-state index in [-0.39, 0.29) is 23.7 Å². The number of aromatic nitrogens is 1. The van der Waals surface area contributed by atoms with E-state index in [9.17, 15) is 9.59 Å². The number of hydrogen-bond acceptors (Lipinski definition) is 5. The van der Waals surface area contributed by atoms with Crippen LogP contribution >= 0.6 is 45.5 Å². The molecular weight excluding hydrogens is 509 g/mol. The molecule has 1 aliphatic rings. The Hall–Kier alpha value is -2.23. The van der Waals surface area contributed by atoms with E-state index in [4.69, 9.17) is 11.6 Å².